The normalized spacial score (nSPS) is 58.7. The molecule has 5 saturated carbocycles. The molecule has 0 amide bonds. The molecule has 0 radical (unpaired) electrons. The zero-order valence-corrected chi connectivity index (χ0v) is 33.6. The maximum absolute atomic E-state index is 12.2. The fourth-order valence-electron chi connectivity index (χ4n) is 14.9. The molecule has 0 aromatic rings. The Morgan fingerprint density at radius 2 is 1.40 bits per heavy atom. The predicted molar refractivity (Wildman–Crippen MR) is 194 cm³/mol. The van der Waals surface area contributed by atoms with Gasteiger partial charge in [-0.1, -0.05) is 27.7 Å². The molecule has 21 atom stereocenters. The highest BCUT2D eigenvalue weighted by atomic mass is 16.7. The minimum absolute atomic E-state index is 0.0633. The van der Waals surface area contributed by atoms with Crippen LogP contribution >= 0.6 is 0 Å². The monoisotopic (exact) mass is 784 g/mol. The summed E-state index contributed by atoms with van der Waals surface area (Å²) in [5.41, 5.74) is -3.16. The molecular weight excluding hydrogens is 716 g/mol. The first-order valence-corrected chi connectivity index (χ1v) is 20.9. The molecule has 55 heavy (non-hydrogen) atoms. The Labute approximate surface area is 324 Å². The van der Waals surface area contributed by atoms with Crippen molar-refractivity contribution in [3.05, 3.63) is 0 Å². The number of hydrogen-bond acceptors (Lipinski definition) is 14. The van der Waals surface area contributed by atoms with Crippen molar-refractivity contribution in [2.75, 3.05) is 13.2 Å². The second kappa shape index (κ2) is 13.2. The van der Waals surface area contributed by atoms with E-state index in [2.05, 4.69) is 34.6 Å². The molecule has 2 spiro atoms. The van der Waals surface area contributed by atoms with Crippen LogP contribution in [0.1, 0.15) is 106 Å². The van der Waals surface area contributed by atoms with Gasteiger partial charge in [0, 0.05) is 5.92 Å². The van der Waals surface area contributed by atoms with Crippen LogP contribution in [-0.2, 0) is 23.7 Å². The van der Waals surface area contributed by atoms with E-state index in [4.69, 9.17) is 23.7 Å². The quantitative estimate of drug-likeness (QED) is 0.162. The lowest BCUT2D eigenvalue weighted by Gasteiger charge is -2.65. The van der Waals surface area contributed by atoms with Gasteiger partial charge < -0.3 is 69.6 Å². The van der Waals surface area contributed by atoms with E-state index in [-0.39, 0.29) is 52.1 Å². The fourth-order valence-corrected chi connectivity index (χ4v) is 14.9. The van der Waals surface area contributed by atoms with Crippen LogP contribution in [0.2, 0.25) is 0 Å². The zero-order chi connectivity index (χ0) is 40.1. The number of fused-ring (bicyclic) bond motifs is 2. The molecule has 3 saturated heterocycles. The smallest absolute Gasteiger partial charge is 0.186 e. The SMILES string of the molecule is CC(C)(O)[C@@H]1CC[C@](C)(C2[C@@H](O)C[C@@]3(C)[C@@H]4C[C@H](O[C@@H]5O[C@H](CO)C(O)[C@H](O)C5O)[C@H]5C(C)(C)[C@@H](O[C@@H]6OC[C@@H](O)[C@H](O)[C@H]6O)CC[C@@]56C[C@@]46CC[C@]23C)O1. The molecule has 0 bridgehead atoms. The van der Waals surface area contributed by atoms with Crippen molar-refractivity contribution in [1.29, 1.82) is 0 Å². The molecule has 316 valence electrons. The first kappa shape index (κ1) is 41.2. The Hall–Kier alpha value is -0.560. The van der Waals surface area contributed by atoms with Gasteiger partial charge in [-0.25, -0.2) is 0 Å². The molecule has 3 aliphatic heterocycles. The molecule has 0 aromatic carbocycles. The van der Waals surface area contributed by atoms with Gasteiger partial charge in [0.15, 0.2) is 12.6 Å². The van der Waals surface area contributed by atoms with Gasteiger partial charge in [0.25, 0.3) is 0 Å². The van der Waals surface area contributed by atoms with Crippen molar-refractivity contribution in [1.82, 2.24) is 0 Å². The third-order valence-corrected chi connectivity index (χ3v) is 17.6. The van der Waals surface area contributed by atoms with E-state index in [0.29, 0.717) is 25.7 Å². The summed E-state index contributed by atoms with van der Waals surface area (Å²) in [7, 11) is 0. The van der Waals surface area contributed by atoms with Gasteiger partial charge in [-0.15, -0.1) is 0 Å². The minimum atomic E-state index is -1.60. The van der Waals surface area contributed by atoms with Crippen molar-refractivity contribution in [2.45, 2.75) is 197 Å². The van der Waals surface area contributed by atoms with Crippen LogP contribution in [-0.4, -0.2) is 150 Å². The standard InChI is InChI=1S/C41H68O14/c1-35(2)24(54-33-29(48)26(45)20(44)17-51-33)9-11-41-18-40(41)13-12-37(5)31(39(7)10-8-25(55-39)36(3,4)50)19(43)15-38(37,6)23(40)14-21(32(35)41)52-34-30(49)28(47)27(46)22(16-42)53-34/h19-34,42-50H,8-18H2,1-7H3/t19-,20+,21-,22+,23-,24-,25-,26-,27?,28-,29+,30?,31?,32-,33-,34+,37+,38-,39+,40-,41+/m0/s1. The molecule has 5 aliphatic carbocycles. The van der Waals surface area contributed by atoms with E-state index in [1.807, 2.05) is 0 Å². The number of rotatable bonds is 7. The van der Waals surface area contributed by atoms with Gasteiger partial charge in [-0.2, -0.15) is 0 Å². The minimum Gasteiger partial charge on any atom is -0.394 e. The number of ether oxygens (including phenoxy) is 5. The Morgan fingerprint density at radius 1 is 0.709 bits per heavy atom. The van der Waals surface area contributed by atoms with Crippen LogP contribution in [0, 0.1) is 44.8 Å². The van der Waals surface area contributed by atoms with Gasteiger partial charge >= 0.3 is 0 Å². The molecule has 14 nitrogen and oxygen atoms in total. The van der Waals surface area contributed by atoms with E-state index in [9.17, 15) is 46.0 Å². The Bertz CT molecular complexity index is 1460. The van der Waals surface area contributed by atoms with Gasteiger partial charge in [0.1, 0.15) is 42.7 Å². The summed E-state index contributed by atoms with van der Waals surface area (Å²) < 4.78 is 31.9. The Balaban J connectivity index is 1.15. The number of hydrogen-bond donors (Lipinski definition) is 9. The zero-order valence-electron chi connectivity index (χ0n) is 33.6. The highest BCUT2D eigenvalue weighted by Gasteiger charge is 2.85. The third kappa shape index (κ3) is 5.70. The van der Waals surface area contributed by atoms with E-state index >= 15 is 0 Å². The first-order valence-electron chi connectivity index (χ1n) is 20.9. The van der Waals surface area contributed by atoms with E-state index in [1.54, 1.807) is 13.8 Å². The third-order valence-electron chi connectivity index (χ3n) is 17.6. The molecule has 3 heterocycles. The Morgan fingerprint density at radius 3 is 2.05 bits per heavy atom. The molecule has 8 rings (SSSR count). The lowest BCUT2D eigenvalue weighted by molar-refractivity contribution is -0.339. The van der Waals surface area contributed by atoms with Crippen LogP contribution in [0.15, 0.2) is 0 Å². The summed E-state index contributed by atoms with van der Waals surface area (Å²) in [6.45, 7) is 13.8. The van der Waals surface area contributed by atoms with Crippen molar-refractivity contribution >= 4 is 0 Å². The average molecular weight is 785 g/mol. The largest absolute Gasteiger partial charge is 0.394 e. The number of aliphatic hydroxyl groups excluding tert-OH is 8. The van der Waals surface area contributed by atoms with Crippen molar-refractivity contribution in [3.8, 4) is 0 Å². The lowest BCUT2D eigenvalue weighted by atomic mass is 9.41. The molecule has 8 aliphatic rings. The summed E-state index contributed by atoms with van der Waals surface area (Å²) in [6, 6.07) is 0. The van der Waals surface area contributed by atoms with E-state index < -0.39 is 96.8 Å². The predicted octanol–water partition coefficient (Wildman–Crippen LogP) is 0.724. The molecule has 8 fully saturated rings. The highest BCUT2D eigenvalue weighted by molar-refractivity contribution is 5.33. The summed E-state index contributed by atoms with van der Waals surface area (Å²) in [6.07, 6.45) is -7.48. The second-order valence-electron chi connectivity index (χ2n) is 21.1. The van der Waals surface area contributed by atoms with Gasteiger partial charge in [-0.05, 0) is 117 Å². The van der Waals surface area contributed by atoms with Crippen LogP contribution < -0.4 is 0 Å². The first-order chi connectivity index (χ1) is 25.5. The topological polar surface area (TPSA) is 228 Å². The van der Waals surface area contributed by atoms with Crippen LogP contribution in [0.5, 0.6) is 0 Å². The Kier molecular flexibility index (Phi) is 9.90. The number of aliphatic hydroxyl groups is 9. The van der Waals surface area contributed by atoms with Crippen molar-refractivity contribution in [3.63, 3.8) is 0 Å². The van der Waals surface area contributed by atoms with Crippen LogP contribution in [0.25, 0.3) is 0 Å². The molecule has 3 unspecified atom stereocenters. The average Bonchev–Trinajstić information content (AvgIpc) is 3.47. The van der Waals surface area contributed by atoms with Crippen LogP contribution in [0.4, 0.5) is 0 Å². The second-order valence-corrected chi connectivity index (χ2v) is 21.1. The van der Waals surface area contributed by atoms with Gasteiger partial charge in [0.2, 0.25) is 0 Å². The summed E-state index contributed by atoms with van der Waals surface area (Å²) in [4.78, 5) is 0. The van der Waals surface area contributed by atoms with E-state index in [0.717, 1.165) is 32.1 Å². The van der Waals surface area contributed by atoms with Gasteiger partial charge in [-0.3, -0.25) is 0 Å². The molecule has 9 N–H and O–H groups in total. The summed E-state index contributed by atoms with van der Waals surface area (Å²) in [5, 5.41) is 97.2. The summed E-state index contributed by atoms with van der Waals surface area (Å²) >= 11 is 0. The molecule has 14 heteroatoms. The lowest BCUT2D eigenvalue weighted by Crippen LogP contribution is -2.65. The van der Waals surface area contributed by atoms with Crippen LogP contribution in [0.3, 0.4) is 0 Å². The fraction of sp³-hybridized carbons (Fsp3) is 1.00. The highest BCUT2D eigenvalue weighted by Crippen LogP contribution is 2.89. The van der Waals surface area contributed by atoms with Gasteiger partial charge in [0.05, 0.1) is 48.8 Å². The van der Waals surface area contributed by atoms with Crippen molar-refractivity contribution < 1.29 is 69.6 Å². The van der Waals surface area contributed by atoms with Crippen molar-refractivity contribution in [2.24, 2.45) is 44.8 Å². The molecular formula is C41H68O14. The summed E-state index contributed by atoms with van der Waals surface area (Å²) in [5.74, 6) is -0.215. The molecule has 0 aromatic heterocycles. The maximum atomic E-state index is 12.2. The maximum Gasteiger partial charge on any atom is 0.186 e. The van der Waals surface area contributed by atoms with E-state index in [1.165, 1.54) is 0 Å².